The molecule has 0 radical (unpaired) electrons. The summed E-state index contributed by atoms with van der Waals surface area (Å²) in [5.41, 5.74) is -0.399. The fourth-order valence-electron chi connectivity index (χ4n) is 2.11. The first-order chi connectivity index (χ1) is 10.3. The van der Waals surface area contributed by atoms with Crippen molar-refractivity contribution < 1.29 is 33.8 Å². The summed E-state index contributed by atoms with van der Waals surface area (Å²) >= 11 is 0. The van der Waals surface area contributed by atoms with E-state index in [1.165, 1.54) is 6.20 Å². The number of H-pyrrole nitrogens is 1. The molecule has 1 aliphatic heterocycles. The SMILES string of the molecule is O=c1[nH]cnc2c1cnn2C1O[C@H](OP(=O)(O)O)[C@@H](O)[C@H]1O. The molecule has 2 aromatic heterocycles. The first-order valence-corrected chi connectivity index (χ1v) is 7.47. The number of hydrogen-bond donors (Lipinski definition) is 5. The maximum absolute atomic E-state index is 11.6. The minimum atomic E-state index is -4.93. The molecule has 1 unspecified atom stereocenters. The van der Waals surface area contributed by atoms with Crippen LogP contribution in [0.2, 0.25) is 0 Å². The number of rotatable bonds is 3. The highest BCUT2D eigenvalue weighted by Crippen LogP contribution is 2.42. The molecule has 3 rings (SSSR count). The Bertz CT molecular complexity index is 798. The van der Waals surface area contributed by atoms with E-state index < -0.39 is 38.1 Å². The monoisotopic (exact) mass is 334 g/mol. The van der Waals surface area contributed by atoms with Gasteiger partial charge in [-0.1, -0.05) is 0 Å². The lowest BCUT2D eigenvalue weighted by molar-refractivity contribution is -0.136. The molecule has 3 heterocycles. The number of fused-ring (bicyclic) bond motifs is 1. The third-order valence-electron chi connectivity index (χ3n) is 3.07. The highest BCUT2D eigenvalue weighted by Gasteiger charge is 2.48. The van der Waals surface area contributed by atoms with Crippen molar-refractivity contribution in [2.45, 2.75) is 24.7 Å². The maximum Gasteiger partial charge on any atom is 0.472 e. The van der Waals surface area contributed by atoms with Crippen molar-refractivity contribution in [3.05, 3.63) is 22.9 Å². The van der Waals surface area contributed by atoms with Gasteiger partial charge in [-0.2, -0.15) is 5.10 Å². The summed E-state index contributed by atoms with van der Waals surface area (Å²) in [6, 6.07) is 0. The highest BCUT2D eigenvalue weighted by molar-refractivity contribution is 7.46. The first-order valence-electron chi connectivity index (χ1n) is 5.94. The summed E-state index contributed by atoms with van der Waals surface area (Å²) in [5.74, 6) is 0. The third-order valence-corrected chi connectivity index (χ3v) is 3.56. The molecule has 0 saturated carbocycles. The van der Waals surface area contributed by atoms with Crippen LogP contribution in [0.4, 0.5) is 0 Å². The van der Waals surface area contributed by atoms with Gasteiger partial charge in [0.05, 0.1) is 12.5 Å². The zero-order chi connectivity index (χ0) is 16.1. The summed E-state index contributed by atoms with van der Waals surface area (Å²) in [6.45, 7) is 0. The number of nitrogens with one attached hydrogen (secondary N) is 1. The van der Waals surface area contributed by atoms with Crippen LogP contribution in [0.3, 0.4) is 0 Å². The Morgan fingerprint density at radius 3 is 2.77 bits per heavy atom. The smallest absolute Gasteiger partial charge is 0.385 e. The van der Waals surface area contributed by atoms with Crippen LogP contribution in [-0.4, -0.2) is 58.2 Å². The predicted octanol–water partition coefficient (Wildman–Crippen LogP) is -2.19. The number of phosphoric ester groups is 1. The Morgan fingerprint density at radius 1 is 1.36 bits per heavy atom. The topological polar surface area (TPSA) is 180 Å². The van der Waals surface area contributed by atoms with Crippen LogP contribution >= 0.6 is 7.82 Å². The zero-order valence-corrected chi connectivity index (χ0v) is 11.6. The average molecular weight is 334 g/mol. The standard InChI is InChI=1S/C9H11N4O8P/c14-4-5(15)9(21-22(17,18)19)20-8(4)13-6-3(1-12-13)7(16)11-2-10-6/h1-2,4-5,8-9,14-15H,(H,10,11,16)(H2,17,18,19)/t4-,5+,8?,9-/m1/s1. The lowest BCUT2D eigenvalue weighted by Gasteiger charge is -2.15. The fourth-order valence-corrected chi connectivity index (χ4v) is 2.56. The average Bonchev–Trinajstić information content (AvgIpc) is 2.95. The normalized spacial score (nSPS) is 29.3. The van der Waals surface area contributed by atoms with E-state index in [9.17, 15) is 19.6 Å². The number of ether oxygens (including phenoxy) is 1. The molecule has 13 heteroatoms. The number of aliphatic hydroxyl groups excluding tert-OH is 2. The Balaban J connectivity index is 1.96. The van der Waals surface area contributed by atoms with Crippen LogP contribution in [0.15, 0.2) is 17.3 Å². The Hall–Kier alpha value is -1.66. The molecule has 1 saturated heterocycles. The molecule has 0 spiro atoms. The molecule has 22 heavy (non-hydrogen) atoms. The van der Waals surface area contributed by atoms with Crippen molar-refractivity contribution in [2.24, 2.45) is 0 Å². The van der Waals surface area contributed by atoms with Gasteiger partial charge in [0.1, 0.15) is 17.6 Å². The highest BCUT2D eigenvalue weighted by atomic mass is 31.2. The van der Waals surface area contributed by atoms with E-state index in [2.05, 4.69) is 19.6 Å². The second kappa shape index (κ2) is 5.21. The molecule has 0 aliphatic carbocycles. The first kappa shape index (κ1) is 15.2. The van der Waals surface area contributed by atoms with Crippen molar-refractivity contribution in [2.75, 3.05) is 0 Å². The van der Waals surface area contributed by atoms with Crippen molar-refractivity contribution in [1.29, 1.82) is 0 Å². The molecule has 4 atom stereocenters. The quantitative estimate of drug-likeness (QED) is 0.387. The van der Waals surface area contributed by atoms with Gasteiger partial charge in [-0.05, 0) is 0 Å². The zero-order valence-electron chi connectivity index (χ0n) is 10.7. The van der Waals surface area contributed by atoms with Crippen molar-refractivity contribution in [3.8, 4) is 0 Å². The summed E-state index contributed by atoms with van der Waals surface area (Å²) in [5, 5.41) is 23.6. The number of aromatic amines is 1. The lowest BCUT2D eigenvalue weighted by Crippen LogP contribution is -2.32. The van der Waals surface area contributed by atoms with Crippen LogP contribution in [-0.2, 0) is 13.8 Å². The van der Waals surface area contributed by atoms with E-state index in [0.29, 0.717) is 0 Å². The molecule has 5 N–H and O–H groups in total. The molecule has 120 valence electrons. The largest absolute Gasteiger partial charge is 0.472 e. The summed E-state index contributed by atoms with van der Waals surface area (Å²) in [7, 11) is -4.93. The van der Waals surface area contributed by atoms with Gasteiger partial charge in [-0.3, -0.25) is 9.32 Å². The Labute approximate surface area is 121 Å². The van der Waals surface area contributed by atoms with Gasteiger partial charge in [0.25, 0.3) is 5.56 Å². The van der Waals surface area contributed by atoms with Crippen LogP contribution in [0.25, 0.3) is 11.0 Å². The Morgan fingerprint density at radius 2 is 2.09 bits per heavy atom. The molecule has 0 amide bonds. The van der Waals surface area contributed by atoms with Crippen molar-refractivity contribution >= 4 is 18.9 Å². The van der Waals surface area contributed by atoms with Crippen LogP contribution in [0.5, 0.6) is 0 Å². The summed E-state index contributed by atoms with van der Waals surface area (Å²) in [4.78, 5) is 35.3. The van der Waals surface area contributed by atoms with Crippen LogP contribution < -0.4 is 5.56 Å². The van der Waals surface area contributed by atoms with Gasteiger partial charge in [0, 0.05) is 0 Å². The molecule has 0 bridgehead atoms. The van der Waals surface area contributed by atoms with E-state index in [4.69, 9.17) is 14.5 Å². The maximum atomic E-state index is 11.6. The van der Waals surface area contributed by atoms with Gasteiger partial charge in [0.15, 0.2) is 18.2 Å². The fraction of sp³-hybridized carbons (Fsp3) is 0.444. The number of aliphatic hydroxyl groups is 2. The van der Waals surface area contributed by atoms with E-state index in [0.717, 1.165) is 11.0 Å². The molecular weight excluding hydrogens is 323 g/mol. The number of hydrogen-bond acceptors (Lipinski definition) is 8. The van der Waals surface area contributed by atoms with Crippen LogP contribution in [0, 0.1) is 0 Å². The second-order valence-electron chi connectivity index (χ2n) is 4.53. The predicted molar refractivity (Wildman–Crippen MR) is 67.2 cm³/mol. The van der Waals surface area contributed by atoms with Gasteiger partial charge < -0.3 is 29.7 Å². The lowest BCUT2D eigenvalue weighted by atomic mass is 10.2. The molecular formula is C9H11N4O8P. The third kappa shape index (κ3) is 2.57. The van der Waals surface area contributed by atoms with Gasteiger partial charge >= 0.3 is 7.82 Å². The van der Waals surface area contributed by atoms with E-state index in [-0.39, 0.29) is 11.0 Å². The van der Waals surface area contributed by atoms with E-state index in [1.54, 1.807) is 0 Å². The van der Waals surface area contributed by atoms with Gasteiger partial charge in [-0.15, -0.1) is 0 Å². The number of phosphoric acid groups is 1. The minimum absolute atomic E-state index is 0.0665. The van der Waals surface area contributed by atoms with Crippen molar-refractivity contribution in [1.82, 2.24) is 19.7 Å². The second-order valence-corrected chi connectivity index (χ2v) is 5.72. The molecule has 12 nitrogen and oxygen atoms in total. The Kier molecular flexibility index (Phi) is 3.61. The van der Waals surface area contributed by atoms with E-state index in [1.807, 2.05) is 0 Å². The van der Waals surface area contributed by atoms with Gasteiger partial charge in [-0.25, -0.2) is 14.2 Å². The summed E-state index contributed by atoms with van der Waals surface area (Å²) < 4.78 is 21.2. The minimum Gasteiger partial charge on any atom is -0.385 e. The summed E-state index contributed by atoms with van der Waals surface area (Å²) in [6.07, 6.45) is -4.12. The molecule has 1 aliphatic rings. The number of nitrogens with zero attached hydrogens (tertiary/aromatic N) is 3. The van der Waals surface area contributed by atoms with Gasteiger partial charge in [0.2, 0.25) is 0 Å². The molecule has 1 fully saturated rings. The number of aromatic nitrogens is 4. The molecule has 0 aromatic carbocycles. The van der Waals surface area contributed by atoms with Crippen molar-refractivity contribution in [3.63, 3.8) is 0 Å². The molecule has 2 aromatic rings. The van der Waals surface area contributed by atoms with E-state index >= 15 is 0 Å². The van der Waals surface area contributed by atoms with Crippen LogP contribution in [0.1, 0.15) is 6.23 Å².